The van der Waals surface area contributed by atoms with Gasteiger partial charge in [0.25, 0.3) is 0 Å². The normalized spacial score (nSPS) is 49.9. The molecule has 16 heavy (non-hydrogen) atoms. The fourth-order valence-electron chi connectivity index (χ4n) is 2.66. The summed E-state index contributed by atoms with van der Waals surface area (Å²) < 4.78 is 21.7. The van der Waals surface area contributed by atoms with Crippen LogP contribution in [0.2, 0.25) is 0 Å². The molecule has 0 aromatic rings. The number of epoxide rings is 4. The molecule has 0 bridgehead atoms. The Hall–Kier alpha value is -0.160. The highest BCUT2D eigenvalue weighted by atomic mass is 16.6. The number of ether oxygens (including phenoxy) is 4. The molecule has 4 saturated heterocycles. The molecule has 4 aliphatic rings. The van der Waals surface area contributed by atoms with Crippen molar-refractivity contribution >= 4 is 0 Å². The van der Waals surface area contributed by atoms with Crippen molar-refractivity contribution in [2.45, 2.75) is 49.8 Å². The van der Waals surface area contributed by atoms with Crippen molar-refractivity contribution in [3.8, 4) is 0 Å². The molecule has 4 heterocycles. The minimum absolute atomic E-state index is 0.440. The molecule has 0 spiro atoms. The Morgan fingerprint density at radius 1 is 0.938 bits per heavy atom. The second kappa shape index (κ2) is 3.67. The average molecular weight is 226 g/mol. The van der Waals surface area contributed by atoms with Crippen LogP contribution >= 0.6 is 0 Å². The van der Waals surface area contributed by atoms with Crippen molar-refractivity contribution < 1.29 is 18.9 Å². The van der Waals surface area contributed by atoms with Crippen LogP contribution in [-0.4, -0.2) is 50.3 Å². The molecular formula is C12H18O4. The Labute approximate surface area is 95.2 Å². The van der Waals surface area contributed by atoms with E-state index in [1.54, 1.807) is 0 Å². The lowest BCUT2D eigenvalue weighted by Crippen LogP contribution is -2.19. The van der Waals surface area contributed by atoms with Crippen LogP contribution in [0.3, 0.4) is 0 Å². The van der Waals surface area contributed by atoms with Crippen molar-refractivity contribution in [2.24, 2.45) is 5.92 Å². The van der Waals surface area contributed by atoms with E-state index in [2.05, 4.69) is 0 Å². The molecule has 0 aliphatic carbocycles. The van der Waals surface area contributed by atoms with Crippen LogP contribution in [0.25, 0.3) is 0 Å². The molecule has 6 atom stereocenters. The van der Waals surface area contributed by atoms with E-state index in [0.717, 1.165) is 32.7 Å². The second-order valence-electron chi connectivity index (χ2n) is 5.40. The first kappa shape index (κ1) is 9.83. The molecule has 0 N–H and O–H groups in total. The van der Waals surface area contributed by atoms with E-state index in [-0.39, 0.29) is 0 Å². The van der Waals surface area contributed by atoms with Gasteiger partial charge >= 0.3 is 0 Å². The van der Waals surface area contributed by atoms with Crippen LogP contribution in [0.5, 0.6) is 0 Å². The van der Waals surface area contributed by atoms with E-state index in [1.807, 2.05) is 0 Å². The minimum Gasteiger partial charge on any atom is -0.373 e. The monoisotopic (exact) mass is 226 g/mol. The van der Waals surface area contributed by atoms with E-state index in [1.165, 1.54) is 6.42 Å². The Kier molecular flexibility index (Phi) is 2.25. The lowest BCUT2D eigenvalue weighted by atomic mass is 9.93. The summed E-state index contributed by atoms with van der Waals surface area (Å²) in [7, 11) is 0. The summed E-state index contributed by atoms with van der Waals surface area (Å²) in [6.45, 7) is 2.83. The molecular weight excluding hydrogens is 208 g/mol. The van der Waals surface area contributed by atoms with E-state index in [9.17, 15) is 0 Å². The lowest BCUT2D eigenvalue weighted by molar-refractivity contribution is 0.231. The largest absolute Gasteiger partial charge is 0.373 e. The van der Waals surface area contributed by atoms with E-state index < -0.39 is 0 Å². The maximum absolute atomic E-state index is 5.80. The number of hydrogen-bond acceptors (Lipinski definition) is 4. The predicted molar refractivity (Wildman–Crippen MR) is 55.2 cm³/mol. The van der Waals surface area contributed by atoms with Gasteiger partial charge in [-0.1, -0.05) is 0 Å². The van der Waals surface area contributed by atoms with E-state index in [4.69, 9.17) is 18.9 Å². The third-order valence-electron chi connectivity index (χ3n) is 3.99. The molecule has 4 nitrogen and oxygen atoms in total. The first-order valence-electron chi connectivity index (χ1n) is 6.40. The predicted octanol–water partition coefficient (Wildman–Crippen LogP) is 0.737. The smallest absolute Gasteiger partial charge is 0.0896 e. The third kappa shape index (κ3) is 2.25. The number of rotatable bonds is 7. The van der Waals surface area contributed by atoms with Crippen molar-refractivity contribution in [1.82, 2.24) is 0 Å². The Balaban J connectivity index is 1.26. The van der Waals surface area contributed by atoms with Gasteiger partial charge in [0.1, 0.15) is 0 Å². The topological polar surface area (TPSA) is 50.1 Å². The molecule has 0 radical (unpaired) electrons. The van der Waals surface area contributed by atoms with Crippen LogP contribution < -0.4 is 0 Å². The second-order valence-corrected chi connectivity index (χ2v) is 5.40. The standard InChI is InChI=1S/C12H18O4/c1(7-4-13-7)2-10-12(16-10)9(11-6-15-11)3-8-5-14-8/h7-12H,1-6H2. The summed E-state index contributed by atoms with van der Waals surface area (Å²) in [6.07, 6.45) is 5.84. The van der Waals surface area contributed by atoms with Gasteiger partial charge in [-0.25, -0.2) is 0 Å². The minimum atomic E-state index is 0.440. The Morgan fingerprint density at radius 3 is 2.31 bits per heavy atom. The van der Waals surface area contributed by atoms with E-state index >= 15 is 0 Å². The third-order valence-corrected chi connectivity index (χ3v) is 3.99. The summed E-state index contributed by atoms with van der Waals surface area (Å²) in [5, 5.41) is 0. The molecule has 4 rings (SSSR count). The first-order chi connectivity index (χ1) is 7.90. The van der Waals surface area contributed by atoms with Gasteiger partial charge in [-0.2, -0.15) is 0 Å². The van der Waals surface area contributed by atoms with Gasteiger partial charge in [0, 0.05) is 5.92 Å². The summed E-state index contributed by atoms with van der Waals surface area (Å²) in [6, 6.07) is 0. The molecule has 0 aromatic heterocycles. The van der Waals surface area contributed by atoms with Crippen LogP contribution in [0.4, 0.5) is 0 Å². The fraction of sp³-hybridized carbons (Fsp3) is 1.00. The van der Waals surface area contributed by atoms with Gasteiger partial charge in [0.05, 0.1) is 50.3 Å². The molecule has 0 saturated carbocycles. The SMILES string of the molecule is C(CC1OC1C(CC1CO1)C1CO1)C1CO1. The molecule has 0 aromatic carbocycles. The number of hydrogen-bond donors (Lipinski definition) is 0. The van der Waals surface area contributed by atoms with Crippen molar-refractivity contribution in [3.05, 3.63) is 0 Å². The highest BCUT2D eigenvalue weighted by molar-refractivity contribution is 4.99. The van der Waals surface area contributed by atoms with Gasteiger partial charge in [0.2, 0.25) is 0 Å². The van der Waals surface area contributed by atoms with Gasteiger partial charge in [-0.3, -0.25) is 0 Å². The Bertz CT molecular complexity index is 270. The van der Waals surface area contributed by atoms with Gasteiger partial charge in [-0.05, 0) is 19.3 Å². The van der Waals surface area contributed by atoms with E-state index in [0.29, 0.717) is 36.4 Å². The van der Waals surface area contributed by atoms with Crippen LogP contribution in [0.15, 0.2) is 0 Å². The highest BCUT2D eigenvalue weighted by Gasteiger charge is 2.52. The van der Waals surface area contributed by atoms with Gasteiger partial charge < -0.3 is 18.9 Å². The molecule has 90 valence electrons. The summed E-state index contributed by atoms with van der Waals surface area (Å²) in [5.74, 6) is 0.581. The maximum Gasteiger partial charge on any atom is 0.0896 e. The Morgan fingerprint density at radius 2 is 1.69 bits per heavy atom. The zero-order chi connectivity index (χ0) is 10.5. The summed E-state index contributed by atoms with van der Waals surface area (Å²) in [5.41, 5.74) is 0. The molecule has 0 amide bonds. The zero-order valence-corrected chi connectivity index (χ0v) is 9.34. The van der Waals surface area contributed by atoms with Crippen molar-refractivity contribution in [2.75, 3.05) is 19.8 Å². The average Bonchev–Trinajstić information content (AvgIpc) is 3.16. The highest BCUT2D eigenvalue weighted by Crippen LogP contribution is 2.43. The van der Waals surface area contributed by atoms with Crippen LogP contribution in [0.1, 0.15) is 19.3 Å². The lowest BCUT2D eigenvalue weighted by Gasteiger charge is -2.09. The van der Waals surface area contributed by atoms with Gasteiger partial charge in [-0.15, -0.1) is 0 Å². The zero-order valence-electron chi connectivity index (χ0n) is 9.34. The maximum atomic E-state index is 5.80. The van der Waals surface area contributed by atoms with Crippen LogP contribution in [0, 0.1) is 5.92 Å². The molecule has 4 fully saturated rings. The molecule has 6 unspecified atom stereocenters. The summed E-state index contributed by atoms with van der Waals surface area (Å²) in [4.78, 5) is 0. The molecule has 4 aliphatic heterocycles. The van der Waals surface area contributed by atoms with Gasteiger partial charge in [0.15, 0.2) is 0 Å². The van der Waals surface area contributed by atoms with Crippen LogP contribution in [-0.2, 0) is 18.9 Å². The summed E-state index contributed by atoms with van der Waals surface area (Å²) >= 11 is 0. The van der Waals surface area contributed by atoms with Crippen molar-refractivity contribution in [1.29, 1.82) is 0 Å². The fourth-order valence-corrected chi connectivity index (χ4v) is 2.66. The van der Waals surface area contributed by atoms with Crippen molar-refractivity contribution in [3.63, 3.8) is 0 Å². The quantitative estimate of drug-likeness (QED) is 0.601. The first-order valence-corrected chi connectivity index (χ1v) is 6.40. The molecule has 4 heteroatoms.